The van der Waals surface area contributed by atoms with Crippen LogP contribution in [0.5, 0.6) is 0 Å². The van der Waals surface area contributed by atoms with Crippen LogP contribution in [-0.4, -0.2) is 37.2 Å². The Kier molecular flexibility index (Phi) is 69.5. The van der Waals surface area contributed by atoms with Gasteiger partial charge >= 0.3 is 17.9 Å². The Balaban J connectivity index is 4.00. The molecule has 0 aromatic heterocycles. The van der Waals surface area contributed by atoms with Gasteiger partial charge in [0.15, 0.2) is 6.10 Å². The van der Waals surface area contributed by atoms with Crippen LogP contribution in [0.3, 0.4) is 0 Å². The summed E-state index contributed by atoms with van der Waals surface area (Å²) in [6, 6.07) is 0. The van der Waals surface area contributed by atoms with Gasteiger partial charge in [0.1, 0.15) is 13.2 Å². The van der Waals surface area contributed by atoms with E-state index in [1.165, 1.54) is 347 Å². The van der Waals surface area contributed by atoms with Crippen molar-refractivity contribution < 1.29 is 28.6 Å². The van der Waals surface area contributed by atoms with Crippen LogP contribution in [-0.2, 0) is 28.6 Å². The molecule has 0 N–H and O–H groups in total. The van der Waals surface area contributed by atoms with Crippen LogP contribution in [0.15, 0.2) is 0 Å². The summed E-state index contributed by atoms with van der Waals surface area (Å²) >= 11 is 0. The molecule has 0 aromatic rings. The lowest BCUT2D eigenvalue weighted by atomic mass is 10.0. The Morgan fingerprint density at radius 3 is 0.494 bits per heavy atom. The van der Waals surface area contributed by atoms with Crippen LogP contribution >= 0.6 is 0 Å². The van der Waals surface area contributed by atoms with Crippen molar-refractivity contribution in [2.24, 2.45) is 0 Å². The second kappa shape index (κ2) is 70.9. The molecule has 0 fully saturated rings. The molecule has 6 nitrogen and oxygen atoms in total. The normalized spacial score (nSPS) is 11.9. The predicted molar refractivity (Wildman–Crippen MR) is 354 cm³/mol. The number of hydrogen-bond acceptors (Lipinski definition) is 6. The minimum absolute atomic E-state index is 0.0606. The summed E-state index contributed by atoms with van der Waals surface area (Å²) in [5, 5.41) is 0. The highest BCUT2D eigenvalue weighted by molar-refractivity contribution is 5.71. The maximum atomic E-state index is 12.9. The van der Waals surface area contributed by atoms with E-state index in [4.69, 9.17) is 14.2 Å². The highest BCUT2D eigenvalue weighted by atomic mass is 16.6. The topological polar surface area (TPSA) is 78.9 Å². The molecule has 0 amide bonds. The quantitative estimate of drug-likeness (QED) is 0.0343. The van der Waals surface area contributed by atoms with Crippen molar-refractivity contribution in [3.63, 3.8) is 0 Å². The van der Waals surface area contributed by atoms with Gasteiger partial charge in [-0.3, -0.25) is 14.4 Å². The predicted octanol–water partition coefficient (Wildman–Crippen LogP) is 25.8. The molecule has 0 radical (unpaired) electrons. The van der Waals surface area contributed by atoms with Gasteiger partial charge in [-0.15, -0.1) is 0 Å². The maximum Gasteiger partial charge on any atom is 0.306 e. The van der Waals surface area contributed by atoms with E-state index in [-0.39, 0.29) is 31.1 Å². The number of rotatable bonds is 71. The third kappa shape index (κ3) is 69.1. The first kappa shape index (κ1) is 79.4. The average Bonchev–Trinajstić information content (AvgIpc) is 3.47. The first-order valence-corrected chi connectivity index (χ1v) is 37.5. The Labute approximate surface area is 508 Å². The summed E-state index contributed by atoms with van der Waals surface area (Å²) in [7, 11) is 0. The number of unbranched alkanes of at least 4 members (excludes halogenated alkanes) is 60. The van der Waals surface area contributed by atoms with Gasteiger partial charge in [0, 0.05) is 19.3 Å². The van der Waals surface area contributed by atoms with E-state index in [0.29, 0.717) is 19.3 Å². The third-order valence-electron chi connectivity index (χ3n) is 17.6. The van der Waals surface area contributed by atoms with Crippen molar-refractivity contribution >= 4 is 17.9 Å². The van der Waals surface area contributed by atoms with Crippen molar-refractivity contribution in [2.45, 2.75) is 451 Å². The van der Waals surface area contributed by atoms with Crippen LogP contribution in [0.2, 0.25) is 0 Å². The molecule has 482 valence electrons. The average molecular weight is 1140 g/mol. The van der Waals surface area contributed by atoms with Crippen LogP contribution in [0, 0.1) is 0 Å². The molecule has 6 heteroatoms. The molecule has 0 saturated carbocycles. The fourth-order valence-electron chi connectivity index (χ4n) is 12.0. The van der Waals surface area contributed by atoms with Crippen molar-refractivity contribution in [1.29, 1.82) is 0 Å². The van der Waals surface area contributed by atoms with Crippen LogP contribution in [0.4, 0.5) is 0 Å². The smallest absolute Gasteiger partial charge is 0.306 e. The minimum Gasteiger partial charge on any atom is -0.462 e. The van der Waals surface area contributed by atoms with E-state index in [9.17, 15) is 14.4 Å². The van der Waals surface area contributed by atoms with E-state index in [1.54, 1.807) is 0 Å². The second-order valence-electron chi connectivity index (χ2n) is 25.9. The highest BCUT2D eigenvalue weighted by Crippen LogP contribution is 2.20. The first-order chi connectivity index (χ1) is 40.0. The maximum absolute atomic E-state index is 12.9. The number of ether oxygens (including phenoxy) is 3. The van der Waals surface area contributed by atoms with Gasteiger partial charge in [-0.1, -0.05) is 406 Å². The fraction of sp³-hybridized carbons (Fsp3) is 0.960. The summed E-state index contributed by atoms with van der Waals surface area (Å²) in [5.41, 5.74) is 0. The molecule has 1 atom stereocenters. The third-order valence-corrected chi connectivity index (χ3v) is 17.6. The summed E-state index contributed by atoms with van der Waals surface area (Å²) < 4.78 is 17.0. The Morgan fingerprint density at radius 2 is 0.333 bits per heavy atom. The lowest BCUT2D eigenvalue weighted by Crippen LogP contribution is -2.30. The van der Waals surface area contributed by atoms with Crippen LogP contribution < -0.4 is 0 Å². The van der Waals surface area contributed by atoms with Gasteiger partial charge in [-0.05, 0) is 19.3 Å². The zero-order valence-corrected chi connectivity index (χ0v) is 55.6. The van der Waals surface area contributed by atoms with Gasteiger partial charge in [0.25, 0.3) is 0 Å². The van der Waals surface area contributed by atoms with E-state index in [1.807, 2.05) is 0 Å². The zero-order valence-electron chi connectivity index (χ0n) is 55.6. The molecule has 0 aliphatic rings. The number of carbonyl (C=O) groups is 3. The van der Waals surface area contributed by atoms with Gasteiger partial charge in [0.05, 0.1) is 0 Å². The van der Waals surface area contributed by atoms with Gasteiger partial charge in [-0.2, -0.15) is 0 Å². The SMILES string of the molecule is CCCCCCCCCCCCCCCCCCCCCCCCCCCCCCCCCCC(=O)OCC(COC(=O)CCCCCCCCCCC)OC(=O)CCCCCCCCCCCCCCCCCCCCCCCC. The van der Waals surface area contributed by atoms with E-state index in [2.05, 4.69) is 20.8 Å². The van der Waals surface area contributed by atoms with Crippen molar-refractivity contribution in [3.05, 3.63) is 0 Å². The molecule has 0 saturated heterocycles. The Bertz CT molecular complexity index is 1220. The molecular weight excluding hydrogens is 997 g/mol. The second-order valence-corrected chi connectivity index (χ2v) is 25.9. The monoisotopic (exact) mass is 1140 g/mol. The van der Waals surface area contributed by atoms with E-state index < -0.39 is 6.10 Å². The lowest BCUT2D eigenvalue weighted by Gasteiger charge is -2.18. The van der Waals surface area contributed by atoms with E-state index >= 15 is 0 Å². The number of carbonyl (C=O) groups excluding carboxylic acids is 3. The zero-order chi connectivity index (χ0) is 58.5. The highest BCUT2D eigenvalue weighted by Gasteiger charge is 2.20. The van der Waals surface area contributed by atoms with Crippen molar-refractivity contribution in [1.82, 2.24) is 0 Å². The number of hydrogen-bond donors (Lipinski definition) is 0. The molecule has 0 heterocycles. The summed E-state index contributed by atoms with van der Waals surface area (Å²) in [6.45, 7) is 6.72. The molecule has 0 aliphatic heterocycles. The molecule has 81 heavy (non-hydrogen) atoms. The molecule has 0 aromatic carbocycles. The summed E-state index contributed by atoms with van der Waals surface area (Å²) in [4.78, 5) is 38.3. The first-order valence-electron chi connectivity index (χ1n) is 37.5. The molecule has 0 bridgehead atoms. The van der Waals surface area contributed by atoms with Crippen molar-refractivity contribution in [3.8, 4) is 0 Å². The van der Waals surface area contributed by atoms with Crippen LogP contribution in [0.25, 0.3) is 0 Å². The minimum atomic E-state index is -0.763. The molecule has 0 aliphatic carbocycles. The molecule has 0 rings (SSSR count). The van der Waals surface area contributed by atoms with Gasteiger partial charge in [0.2, 0.25) is 0 Å². The summed E-state index contributed by atoms with van der Waals surface area (Å²) in [5.74, 6) is -0.825. The van der Waals surface area contributed by atoms with Gasteiger partial charge in [-0.25, -0.2) is 0 Å². The van der Waals surface area contributed by atoms with Crippen LogP contribution in [0.1, 0.15) is 445 Å². The lowest BCUT2D eigenvalue weighted by molar-refractivity contribution is -0.167. The molecule has 1 unspecified atom stereocenters. The molecule has 0 spiro atoms. The summed E-state index contributed by atoms with van der Waals surface area (Å²) in [6.07, 6.45) is 84.7. The van der Waals surface area contributed by atoms with Crippen molar-refractivity contribution in [2.75, 3.05) is 13.2 Å². The standard InChI is InChI=1S/C75H146O6/c1-4-7-10-13-16-19-21-23-25-27-29-31-33-34-35-36-37-38-39-40-41-42-44-45-47-49-51-53-56-59-62-65-68-74(77)80-71-72(70-79-73(76)67-64-61-58-55-18-15-12-9-6-3)81-75(78)69-66-63-60-57-54-52-50-48-46-43-32-30-28-26-24-22-20-17-14-11-8-5-2/h72H,4-71H2,1-3H3. The number of esters is 3. The van der Waals surface area contributed by atoms with Gasteiger partial charge < -0.3 is 14.2 Å². The Morgan fingerprint density at radius 1 is 0.198 bits per heavy atom. The van der Waals surface area contributed by atoms with E-state index in [0.717, 1.165) is 57.8 Å². The largest absolute Gasteiger partial charge is 0.462 e. The fourth-order valence-corrected chi connectivity index (χ4v) is 12.0. The molecular formula is C75H146O6. The Hall–Kier alpha value is -1.59.